The van der Waals surface area contributed by atoms with Crippen molar-refractivity contribution in [2.75, 3.05) is 19.8 Å². The zero-order chi connectivity index (χ0) is 17.1. The molecule has 1 unspecified atom stereocenters. The fraction of sp³-hybridized carbons (Fsp3) is 0.333. The Morgan fingerprint density at radius 3 is 2.50 bits per heavy atom. The Bertz CT molecular complexity index is 736. The van der Waals surface area contributed by atoms with Gasteiger partial charge >= 0.3 is 0 Å². The zero-order valence-corrected chi connectivity index (χ0v) is 13.5. The number of aryl methyl sites for hydroxylation is 1. The van der Waals surface area contributed by atoms with Crippen molar-refractivity contribution in [3.63, 3.8) is 0 Å². The molecule has 1 aliphatic rings. The summed E-state index contributed by atoms with van der Waals surface area (Å²) in [6, 6.07) is 9.94. The van der Waals surface area contributed by atoms with E-state index < -0.39 is 5.91 Å². The molecule has 2 amide bonds. The molecule has 6 nitrogen and oxygen atoms in total. The summed E-state index contributed by atoms with van der Waals surface area (Å²) in [5, 5.41) is 0. The number of amides is 2. The smallest absolute Gasteiger partial charge is 0.254 e. The highest BCUT2D eigenvalue weighted by atomic mass is 16.5. The van der Waals surface area contributed by atoms with Crippen LogP contribution in [0.4, 0.5) is 0 Å². The minimum atomic E-state index is -0.513. The Morgan fingerprint density at radius 1 is 1.17 bits per heavy atom. The number of rotatable bonds is 4. The zero-order valence-electron chi connectivity index (χ0n) is 13.5. The Morgan fingerprint density at radius 2 is 1.88 bits per heavy atom. The predicted octanol–water partition coefficient (Wildman–Crippen LogP) is 2.15. The molecule has 24 heavy (non-hydrogen) atoms. The average molecular weight is 328 g/mol. The molecule has 1 aromatic carbocycles. The second-order valence-corrected chi connectivity index (χ2v) is 5.69. The van der Waals surface area contributed by atoms with E-state index in [9.17, 15) is 9.59 Å². The highest BCUT2D eigenvalue weighted by Gasteiger charge is 2.31. The summed E-state index contributed by atoms with van der Waals surface area (Å²) in [5.74, 6) is 0.983. The molecule has 2 heterocycles. The number of hydrogen-bond donors (Lipinski definition) is 1. The molecule has 126 valence electrons. The molecule has 6 heteroatoms. The van der Waals surface area contributed by atoms with E-state index in [2.05, 4.69) is 0 Å². The van der Waals surface area contributed by atoms with Gasteiger partial charge in [-0.1, -0.05) is 6.92 Å². The lowest BCUT2D eigenvalue weighted by molar-refractivity contribution is -0.00901. The molecule has 1 saturated heterocycles. The van der Waals surface area contributed by atoms with Crippen molar-refractivity contribution in [2.24, 2.45) is 5.73 Å². The molecule has 0 radical (unpaired) electrons. The van der Waals surface area contributed by atoms with Gasteiger partial charge in [0.1, 0.15) is 17.6 Å². The van der Waals surface area contributed by atoms with Gasteiger partial charge in [-0.05, 0) is 36.4 Å². The van der Waals surface area contributed by atoms with Gasteiger partial charge in [-0.25, -0.2) is 0 Å². The number of carbonyl (C=O) groups is 2. The van der Waals surface area contributed by atoms with Crippen LogP contribution in [0.5, 0.6) is 0 Å². The van der Waals surface area contributed by atoms with Gasteiger partial charge in [0.05, 0.1) is 13.2 Å². The van der Waals surface area contributed by atoms with E-state index in [1.54, 1.807) is 29.2 Å². The minimum absolute atomic E-state index is 0.117. The van der Waals surface area contributed by atoms with Crippen LogP contribution in [0.15, 0.2) is 40.8 Å². The molecule has 1 atom stereocenters. The van der Waals surface area contributed by atoms with Gasteiger partial charge in [-0.2, -0.15) is 0 Å². The maximum Gasteiger partial charge on any atom is 0.254 e. The molecule has 1 aliphatic heterocycles. The van der Waals surface area contributed by atoms with Crippen molar-refractivity contribution >= 4 is 11.8 Å². The van der Waals surface area contributed by atoms with Crippen molar-refractivity contribution in [1.82, 2.24) is 4.90 Å². The predicted molar refractivity (Wildman–Crippen MR) is 87.6 cm³/mol. The molecular formula is C18H20N2O4. The number of primary amides is 1. The fourth-order valence-electron chi connectivity index (χ4n) is 2.79. The molecule has 3 rings (SSSR count). The number of furan rings is 1. The van der Waals surface area contributed by atoms with Gasteiger partial charge in [0, 0.05) is 24.1 Å². The summed E-state index contributed by atoms with van der Waals surface area (Å²) >= 11 is 0. The lowest BCUT2D eigenvalue weighted by atomic mass is 10.1. The molecule has 0 aliphatic carbocycles. The maximum atomic E-state index is 12.9. The Balaban J connectivity index is 1.84. The third-order valence-corrected chi connectivity index (χ3v) is 4.17. The molecule has 2 aromatic rings. The van der Waals surface area contributed by atoms with E-state index in [1.165, 1.54) is 0 Å². The first kappa shape index (κ1) is 16.3. The molecule has 1 aromatic heterocycles. The van der Waals surface area contributed by atoms with Gasteiger partial charge in [-0.15, -0.1) is 0 Å². The number of carbonyl (C=O) groups excluding carboxylic acids is 2. The fourth-order valence-corrected chi connectivity index (χ4v) is 2.79. The van der Waals surface area contributed by atoms with E-state index in [1.807, 2.05) is 19.1 Å². The number of nitrogens with two attached hydrogens (primary N) is 1. The maximum absolute atomic E-state index is 12.9. The molecular weight excluding hydrogens is 308 g/mol. The van der Waals surface area contributed by atoms with Crippen LogP contribution in [0.3, 0.4) is 0 Å². The van der Waals surface area contributed by atoms with Crippen molar-refractivity contribution in [1.29, 1.82) is 0 Å². The van der Waals surface area contributed by atoms with Crippen LogP contribution in [0.25, 0.3) is 0 Å². The SMILES string of the molecule is CCc1ccc(C2COCCN2C(=O)c2ccc(C(N)=O)cc2)o1. The topological polar surface area (TPSA) is 85.8 Å². The molecule has 0 bridgehead atoms. The molecule has 2 N–H and O–H groups in total. The lowest BCUT2D eigenvalue weighted by Gasteiger charge is -2.34. The third kappa shape index (κ3) is 3.19. The van der Waals surface area contributed by atoms with Crippen molar-refractivity contribution < 1.29 is 18.7 Å². The van der Waals surface area contributed by atoms with Crippen molar-refractivity contribution in [3.05, 3.63) is 59.0 Å². The molecule has 0 saturated carbocycles. The highest BCUT2D eigenvalue weighted by molar-refractivity contribution is 5.97. The van der Waals surface area contributed by atoms with Gasteiger partial charge in [0.15, 0.2) is 0 Å². The largest absolute Gasteiger partial charge is 0.464 e. The monoisotopic (exact) mass is 328 g/mol. The van der Waals surface area contributed by atoms with Crippen LogP contribution >= 0.6 is 0 Å². The molecule has 1 fully saturated rings. The summed E-state index contributed by atoms with van der Waals surface area (Å²) in [5.41, 5.74) is 6.12. The Labute approximate surface area is 140 Å². The summed E-state index contributed by atoms with van der Waals surface area (Å²) in [7, 11) is 0. The van der Waals surface area contributed by atoms with Crippen LogP contribution in [0, 0.1) is 0 Å². The van der Waals surface area contributed by atoms with Gasteiger partial charge in [-0.3, -0.25) is 9.59 Å². The van der Waals surface area contributed by atoms with Gasteiger partial charge in [0.2, 0.25) is 5.91 Å². The van der Waals surface area contributed by atoms with Crippen LogP contribution in [-0.2, 0) is 11.2 Å². The Hall–Kier alpha value is -2.60. The van der Waals surface area contributed by atoms with Crippen LogP contribution in [0.1, 0.15) is 45.2 Å². The quantitative estimate of drug-likeness (QED) is 0.932. The van der Waals surface area contributed by atoms with Gasteiger partial charge in [0.25, 0.3) is 5.91 Å². The van der Waals surface area contributed by atoms with Crippen LogP contribution in [-0.4, -0.2) is 36.5 Å². The van der Waals surface area contributed by atoms with E-state index in [0.717, 1.165) is 17.9 Å². The standard InChI is InChI=1S/C18H20N2O4/c1-2-14-7-8-16(24-14)15-11-23-10-9-20(15)18(22)13-5-3-12(4-6-13)17(19)21/h3-8,15H,2,9-11H2,1H3,(H2,19,21). The minimum Gasteiger partial charge on any atom is -0.464 e. The summed E-state index contributed by atoms with van der Waals surface area (Å²) < 4.78 is 11.3. The number of morpholine rings is 1. The lowest BCUT2D eigenvalue weighted by Crippen LogP contribution is -2.43. The number of benzene rings is 1. The van der Waals surface area contributed by atoms with Crippen LogP contribution < -0.4 is 5.73 Å². The third-order valence-electron chi connectivity index (χ3n) is 4.17. The van der Waals surface area contributed by atoms with E-state index in [4.69, 9.17) is 14.9 Å². The first-order chi connectivity index (χ1) is 11.6. The van der Waals surface area contributed by atoms with Crippen LogP contribution in [0.2, 0.25) is 0 Å². The summed E-state index contributed by atoms with van der Waals surface area (Å²) in [4.78, 5) is 25.8. The average Bonchev–Trinajstić information content (AvgIpc) is 3.10. The normalized spacial score (nSPS) is 17.7. The van der Waals surface area contributed by atoms with Crippen molar-refractivity contribution in [2.45, 2.75) is 19.4 Å². The summed E-state index contributed by atoms with van der Waals surface area (Å²) in [6.07, 6.45) is 0.802. The number of nitrogens with zero attached hydrogens (tertiary/aromatic N) is 1. The second-order valence-electron chi connectivity index (χ2n) is 5.69. The number of ether oxygens (including phenoxy) is 1. The van der Waals surface area contributed by atoms with E-state index >= 15 is 0 Å². The van der Waals surface area contributed by atoms with Crippen molar-refractivity contribution in [3.8, 4) is 0 Å². The van der Waals surface area contributed by atoms with E-state index in [0.29, 0.717) is 30.9 Å². The highest BCUT2D eigenvalue weighted by Crippen LogP contribution is 2.27. The van der Waals surface area contributed by atoms with E-state index in [-0.39, 0.29) is 11.9 Å². The Kier molecular flexibility index (Phi) is 4.66. The van der Waals surface area contributed by atoms with Gasteiger partial charge < -0.3 is 19.8 Å². The second kappa shape index (κ2) is 6.88. The first-order valence-corrected chi connectivity index (χ1v) is 7.97. The summed E-state index contributed by atoms with van der Waals surface area (Å²) in [6.45, 7) is 3.40. The number of hydrogen-bond acceptors (Lipinski definition) is 4. The molecule has 0 spiro atoms. The first-order valence-electron chi connectivity index (χ1n) is 7.97.